The van der Waals surface area contributed by atoms with Crippen molar-refractivity contribution in [3.63, 3.8) is 0 Å². The van der Waals surface area contributed by atoms with Crippen molar-refractivity contribution in [1.29, 1.82) is 0 Å². The Bertz CT molecular complexity index is 606. The van der Waals surface area contributed by atoms with E-state index >= 15 is 0 Å². The molecule has 23 heavy (non-hydrogen) atoms. The summed E-state index contributed by atoms with van der Waals surface area (Å²) in [6, 6.07) is 7.70. The minimum atomic E-state index is -0.544. The minimum Gasteiger partial charge on any atom is -0.491 e. The second-order valence-corrected chi connectivity index (χ2v) is 7.37. The molecule has 0 N–H and O–H groups in total. The molecule has 0 aromatic heterocycles. The van der Waals surface area contributed by atoms with Crippen molar-refractivity contribution in [1.82, 2.24) is 4.90 Å². The molecule has 5 nitrogen and oxygen atoms in total. The lowest BCUT2D eigenvalue weighted by Gasteiger charge is -2.42. The topological polar surface area (TPSA) is 55.8 Å². The van der Waals surface area contributed by atoms with Crippen LogP contribution in [0.1, 0.15) is 24.8 Å². The van der Waals surface area contributed by atoms with Crippen LogP contribution in [-0.2, 0) is 9.53 Å². The molecular formula is C17H20BrNO4. The van der Waals surface area contributed by atoms with Gasteiger partial charge in [-0.05, 0) is 37.8 Å². The molecule has 124 valence electrons. The fourth-order valence-corrected chi connectivity index (χ4v) is 3.98. The van der Waals surface area contributed by atoms with Gasteiger partial charge < -0.3 is 14.4 Å². The van der Waals surface area contributed by atoms with E-state index in [9.17, 15) is 9.59 Å². The van der Waals surface area contributed by atoms with Crippen LogP contribution in [0.5, 0.6) is 5.75 Å². The number of cyclic esters (lactones) is 2. The van der Waals surface area contributed by atoms with Crippen LogP contribution in [0.15, 0.2) is 24.3 Å². The molecule has 0 bridgehead atoms. The van der Waals surface area contributed by atoms with Crippen LogP contribution in [0.4, 0.5) is 4.79 Å². The third-order valence-corrected chi connectivity index (χ3v) is 5.39. The molecule has 3 unspecified atom stereocenters. The molecule has 3 atom stereocenters. The van der Waals surface area contributed by atoms with Gasteiger partial charge in [-0.25, -0.2) is 4.79 Å². The lowest BCUT2D eigenvalue weighted by atomic mass is 9.83. The Morgan fingerprint density at radius 3 is 2.87 bits per heavy atom. The van der Waals surface area contributed by atoms with Crippen molar-refractivity contribution in [3.05, 3.63) is 29.8 Å². The molecule has 1 aromatic rings. The minimum absolute atomic E-state index is 0.0713. The number of aryl methyl sites for hydroxylation is 1. The summed E-state index contributed by atoms with van der Waals surface area (Å²) in [7, 11) is 0. The Hall–Kier alpha value is -1.56. The molecular weight excluding hydrogens is 362 g/mol. The number of amides is 1. The Morgan fingerprint density at radius 2 is 2.09 bits per heavy atom. The lowest BCUT2D eigenvalue weighted by molar-refractivity contribution is -0.152. The molecule has 1 amide bonds. The van der Waals surface area contributed by atoms with Gasteiger partial charge in [-0.3, -0.25) is 4.79 Å². The molecule has 3 rings (SSSR count). The number of hydrogen-bond acceptors (Lipinski definition) is 4. The number of ether oxygens (including phenoxy) is 2. The molecule has 2 fully saturated rings. The molecule has 1 saturated carbocycles. The third kappa shape index (κ3) is 3.52. The van der Waals surface area contributed by atoms with Gasteiger partial charge in [-0.15, -0.1) is 0 Å². The molecule has 1 saturated heterocycles. The average Bonchev–Trinajstić information content (AvgIpc) is 2.52. The van der Waals surface area contributed by atoms with Gasteiger partial charge in [0.2, 0.25) is 0 Å². The Kier molecular flexibility index (Phi) is 4.90. The second-order valence-electron chi connectivity index (χ2n) is 6.08. The first-order valence-electron chi connectivity index (χ1n) is 7.91. The molecule has 1 aliphatic heterocycles. The number of benzene rings is 1. The summed E-state index contributed by atoms with van der Waals surface area (Å²) in [5.74, 6) is 0.194. The largest absolute Gasteiger partial charge is 0.491 e. The van der Waals surface area contributed by atoms with E-state index in [0.29, 0.717) is 24.4 Å². The summed E-state index contributed by atoms with van der Waals surface area (Å²) in [6.07, 6.45) is 1.94. The number of carbonyl (C=O) groups is 2. The van der Waals surface area contributed by atoms with Crippen LogP contribution < -0.4 is 4.74 Å². The summed E-state index contributed by atoms with van der Waals surface area (Å²) in [4.78, 5) is 26.0. The van der Waals surface area contributed by atoms with Gasteiger partial charge in [0.05, 0.1) is 12.5 Å². The number of alkyl halides is 1. The van der Waals surface area contributed by atoms with E-state index in [0.717, 1.165) is 24.2 Å². The summed E-state index contributed by atoms with van der Waals surface area (Å²) < 4.78 is 10.7. The molecule has 6 heteroatoms. The van der Waals surface area contributed by atoms with Crippen LogP contribution >= 0.6 is 15.9 Å². The van der Waals surface area contributed by atoms with Crippen molar-refractivity contribution >= 4 is 28.0 Å². The molecule has 0 radical (unpaired) electrons. The maximum Gasteiger partial charge on any atom is 0.417 e. The van der Waals surface area contributed by atoms with Crippen molar-refractivity contribution in [2.45, 2.75) is 37.1 Å². The number of rotatable bonds is 4. The van der Waals surface area contributed by atoms with Gasteiger partial charge in [0.25, 0.3) is 0 Å². The Labute approximate surface area is 144 Å². The maximum atomic E-state index is 12.1. The van der Waals surface area contributed by atoms with E-state index in [2.05, 4.69) is 15.9 Å². The van der Waals surface area contributed by atoms with Crippen molar-refractivity contribution in [3.8, 4) is 5.75 Å². The number of para-hydroxylation sites is 1. The highest BCUT2D eigenvalue weighted by molar-refractivity contribution is 9.09. The highest BCUT2D eigenvalue weighted by Crippen LogP contribution is 2.36. The number of carbonyl (C=O) groups excluding carboxylic acids is 2. The maximum absolute atomic E-state index is 12.1. The first kappa shape index (κ1) is 16.3. The fraction of sp³-hybridized carbons (Fsp3) is 0.529. The highest BCUT2D eigenvalue weighted by atomic mass is 79.9. The fourth-order valence-electron chi connectivity index (χ4n) is 3.31. The van der Waals surface area contributed by atoms with Crippen LogP contribution in [0.2, 0.25) is 0 Å². The highest BCUT2D eigenvalue weighted by Gasteiger charge is 2.45. The zero-order valence-corrected chi connectivity index (χ0v) is 14.6. The number of esters is 1. The number of nitrogens with zero attached hydrogens (tertiary/aromatic N) is 1. The first-order valence-corrected chi connectivity index (χ1v) is 8.82. The van der Waals surface area contributed by atoms with E-state index in [1.807, 2.05) is 31.2 Å². The van der Waals surface area contributed by atoms with Crippen LogP contribution in [-0.4, -0.2) is 41.0 Å². The van der Waals surface area contributed by atoms with Gasteiger partial charge in [0.15, 0.2) is 0 Å². The quantitative estimate of drug-likeness (QED) is 0.456. The van der Waals surface area contributed by atoms with Gasteiger partial charge in [-0.2, -0.15) is 0 Å². The van der Waals surface area contributed by atoms with Gasteiger partial charge in [0, 0.05) is 10.9 Å². The van der Waals surface area contributed by atoms with E-state index in [1.54, 1.807) is 4.90 Å². The predicted molar refractivity (Wildman–Crippen MR) is 88.7 cm³/mol. The Morgan fingerprint density at radius 1 is 1.30 bits per heavy atom. The normalized spacial score (nSPS) is 27.4. The van der Waals surface area contributed by atoms with Crippen LogP contribution in [0.3, 0.4) is 0 Å². The molecule has 1 aromatic carbocycles. The molecule has 0 spiro atoms. The van der Waals surface area contributed by atoms with Crippen LogP contribution in [0.25, 0.3) is 0 Å². The molecule has 2 aliphatic rings. The standard InChI is InChI=1S/C17H20BrNO4/c1-11-4-2-3-5-15(11)22-9-8-19-14-7-6-12(18)10-13(14)16(20)23-17(19)21/h2-5,12-14H,6-10H2,1H3. The molecule has 1 heterocycles. The zero-order valence-electron chi connectivity index (χ0n) is 13.0. The van der Waals surface area contributed by atoms with E-state index in [4.69, 9.17) is 9.47 Å². The summed E-state index contributed by atoms with van der Waals surface area (Å²) in [5, 5.41) is 0. The smallest absolute Gasteiger partial charge is 0.417 e. The summed E-state index contributed by atoms with van der Waals surface area (Å²) in [6.45, 7) is 2.79. The first-order chi connectivity index (χ1) is 11.1. The summed E-state index contributed by atoms with van der Waals surface area (Å²) in [5.41, 5.74) is 1.06. The van der Waals surface area contributed by atoms with Crippen molar-refractivity contribution in [2.75, 3.05) is 13.2 Å². The second kappa shape index (κ2) is 6.91. The average molecular weight is 382 g/mol. The Balaban J connectivity index is 1.63. The van der Waals surface area contributed by atoms with Crippen molar-refractivity contribution in [2.24, 2.45) is 5.92 Å². The number of halogens is 1. The van der Waals surface area contributed by atoms with E-state index in [1.165, 1.54) is 0 Å². The van der Waals surface area contributed by atoms with E-state index in [-0.39, 0.29) is 17.9 Å². The van der Waals surface area contributed by atoms with Gasteiger partial charge >= 0.3 is 12.1 Å². The van der Waals surface area contributed by atoms with E-state index < -0.39 is 6.09 Å². The lowest BCUT2D eigenvalue weighted by Crippen LogP contribution is -2.56. The van der Waals surface area contributed by atoms with Crippen molar-refractivity contribution < 1.29 is 19.1 Å². The zero-order chi connectivity index (χ0) is 16.4. The van der Waals surface area contributed by atoms with Crippen LogP contribution in [0, 0.1) is 12.8 Å². The van der Waals surface area contributed by atoms with Gasteiger partial charge in [-0.1, -0.05) is 34.1 Å². The summed E-state index contributed by atoms with van der Waals surface area (Å²) >= 11 is 3.57. The third-order valence-electron chi connectivity index (χ3n) is 4.56. The molecule has 1 aliphatic carbocycles. The van der Waals surface area contributed by atoms with Gasteiger partial charge in [0.1, 0.15) is 12.4 Å². The SMILES string of the molecule is Cc1ccccc1OCCN1C(=O)OC(=O)C2CC(Br)CCC21. The predicted octanol–water partition coefficient (Wildman–Crippen LogP) is 3.28. The number of hydrogen-bond donors (Lipinski definition) is 0. The number of fused-ring (bicyclic) bond motifs is 1. The monoisotopic (exact) mass is 381 g/mol.